The van der Waals surface area contributed by atoms with E-state index in [9.17, 15) is 4.79 Å². The number of hydrogen-bond acceptors (Lipinski definition) is 2. The third-order valence-corrected chi connectivity index (χ3v) is 3.03. The zero-order valence-corrected chi connectivity index (χ0v) is 9.62. The Morgan fingerprint density at radius 3 is 2.57 bits per heavy atom. The highest BCUT2D eigenvalue weighted by Crippen LogP contribution is 2.13. The van der Waals surface area contributed by atoms with E-state index in [4.69, 9.17) is 0 Å². The number of rotatable bonds is 3. The van der Waals surface area contributed by atoms with Crippen molar-refractivity contribution in [3.05, 3.63) is 0 Å². The van der Waals surface area contributed by atoms with Gasteiger partial charge in [0.1, 0.15) is 0 Å². The largest absolute Gasteiger partial charge is 0.340 e. The van der Waals surface area contributed by atoms with Gasteiger partial charge in [0.15, 0.2) is 0 Å². The van der Waals surface area contributed by atoms with Gasteiger partial charge in [-0.15, -0.1) is 0 Å². The van der Waals surface area contributed by atoms with Crippen molar-refractivity contribution in [1.82, 2.24) is 9.80 Å². The second-order valence-corrected chi connectivity index (χ2v) is 4.06. The fraction of sp³-hybridized carbons (Fsp3) is 0.909. The highest BCUT2D eigenvalue weighted by atomic mass is 16.2. The van der Waals surface area contributed by atoms with Crippen LogP contribution in [0.4, 0.5) is 0 Å². The molecule has 0 N–H and O–H groups in total. The van der Waals surface area contributed by atoms with Gasteiger partial charge in [0, 0.05) is 32.6 Å². The Morgan fingerprint density at radius 1 is 1.36 bits per heavy atom. The van der Waals surface area contributed by atoms with Gasteiger partial charge in [0.05, 0.1) is 0 Å². The fourth-order valence-electron chi connectivity index (χ4n) is 2.15. The predicted octanol–water partition coefficient (Wildman–Crippen LogP) is 1.34. The number of piperazine rings is 1. The van der Waals surface area contributed by atoms with E-state index in [0.29, 0.717) is 6.04 Å². The van der Waals surface area contributed by atoms with Crippen LogP contribution in [-0.4, -0.2) is 47.9 Å². The average Bonchev–Trinajstić information content (AvgIpc) is 2.18. The molecule has 1 amide bonds. The molecular weight excluding hydrogens is 176 g/mol. The Kier molecular flexibility index (Phi) is 4.39. The maximum absolute atomic E-state index is 11.2. The molecule has 0 aliphatic carbocycles. The second-order valence-electron chi connectivity index (χ2n) is 4.06. The van der Waals surface area contributed by atoms with Crippen molar-refractivity contribution in [2.75, 3.05) is 26.2 Å². The van der Waals surface area contributed by atoms with Gasteiger partial charge in [0.25, 0.3) is 0 Å². The average molecular weight is 198 g/mol. The van der Waals surface area contributed by atoms with Crippen molar-refractivity contribution >= 4 is 5.91 Å². The first-order valence-electron chi connectivity index (χ1n) is 5.68. The van der Waals surface area contributed by atoms with Gasteiger partial charge in [-0.25, -0.2) is 0 Å². The Hall–Kier alpha value is -0.570. The lowest BCUT2D eigenvalue weighted by Crippen LogP contribution is -2.54. The Bertz CT molecular complexity index is 194. The molecule has 14 heavy (non-hydrogen) atoms. The van der Waals surface area contributed by atoms with E-state index in [0.717, 1.165) is 26.1 Å². The van der Waals surface area contributed by atoms with Crippen molar-refractivity contribution in [3.8, 4) is 0 Å². The maximum Gasteiger partial charge on any atom is 0.219 e. The maximum atomic E-state index is 11.2. The first-order valence-corrected chi connectivity index (χ1v) is 5.68. The topological polar surface area (TPSA) is 23.6 Å². The summed E-state index contributed by atoms with van der Waals surface area (Å²) >= 11 is 0. The number of carbonyl (C=O) groups excluding carboxylic acids is 1. The lowest BCUT2D eigenvalue weighted by atomic mass is 10.1. The van der Waals surface area contributed by atoms with Crippen LogP contribution in [0.15, 0.2) is 0 Å². The molecule has 1 aliphatic heterocycles. The molecular formula is C11H22N2O. The lowest BCUT2D eigenvalue weighted by molar-refractivity contribution is -0.131. The highest BCUT2D eigenvalue weighted by Gasteiger charge is 2.25. The molecule has 82 valence electrons. The molecule has 0 saturated carbocycles. The van der Waals surface area contributed by atoms with Crippen LogP contribution in [0.1, 0.15) is 33.6 Å². The summed E-state index contributed by atoms with van der Waals surface area (Å²) in [5, 5.41) is 0. The summed E-state index contributed by atoms with van der Waals surface area (Å²) in [6, 6.07) is 0.576. The number of hydrogen-bond donors (Lipinski definition) is 0. The molecule has 0 bridgehead atoms. The second kappa shape index (κ2) is 5.35. The number of amides is 1. The minimum absolute atomic E-state index is 0.222. The van der Waals surface area contributed by atoms with Crippen molar-refractivity contribution < 1.29 is 4.79 Å². The Labute approximate surface area is 87.1 Å². The minimum Gasteiger partial charge on any atom is -0.340 e. The van der Waals surface area contributed by atoms with E-state index in [-0.39, 0.29) is 5.91 Å². The third-order valence-electron chi connectivity index (χ3n) is 3.03. The van der Waals surface area contributed by atoms with Gasteiger partial charge in [0.2, 0.25) is 5.91 Å². The van der Waals surface area contributed by atoms with Gasteiger partial charge in [-0.3, -0.25) is 9.69 Å². The zero-order chi connectivity index (χ0) is 10.6. The monoisotopic (exact) mass is 198 g/mol. The summed E-state index contributed by atoms with van der Waals surface area (Å²) < 4.78 is 0. The molecule has 1 heterocycles. The summed E-state index contributed by atoms with van der Waals surface area (Å²) in [6.45, 7) is 10.1. The molecule has 1 atom stereocenters. The molecule has 1 fully saturated rings. The van der Waals surface area contributed by atoms with Crippen LogP contribution in [0.3, 0.4) is 0 Å². The Balaban J connectivity index is 2.50. The molecule has 0 aromatic carbocycles. The fourth-order valence-corrected chi connectivity index (χ4v) is 2.15. The standard InChI is InChI=1S/C11H22N2O/c1-4-6-12-7-8-13(10(3)14)9-11(12)5-2/h11H,4-9H2,1-3H3. The van der Waals surface area contributed by atoms with Crippen LogP contribution in [0.25, 0.3) is 0 Å². The van der Waals surface area contributed by atoms with Crippen LogP contribution in [-0.2, 0) is 4.79 Å². The molecule has 0 aromatic heterocycles. The molecule has 0 radical (unpaired) electrons. The van der Waals surface area contributed by atoms with E-state index in [2.05, 4.69) is 18.7 Å². The molecule has 1 unspecified atom stereocenters. The summed E-state index contributed by atoms with van der Waals surface area (Å²) in [6.07, 6.45) is 2.35. The summed E-state index contributed by atoms with van der Waals surface area (Å²) in [5.74, 6) is 0.222. The molecule has 1 aliphatic rings. The smallest absolute Gasteiger partial charge is 0.219 e. The van der Waals surface area contributed by atoms with E-state index in [1.165, 1.54) is 13.0 Å². The Morgan fingerprint density at radius 2 is 2.07 bits per heavy atom. The highest BCUT2D eigenvalue weighted by molar-refractivity contribution is 5.73. The SMILES string of the molecule is CCCN1CCN(C(C)=O)CC1CC. The first kappa shape index (κ1) is 11.5. The molecule has 3 heteroatoms. The van der Waals surface area contributed by atoms with E-state index in [1.54, 1.807) is 6.92 Å². The molecule has 1 rings (SSSR count). The van der Waals surface area contributed by atoms with E-state index >= 15 is 0 Å². The summed E-state index contributed by atoms with van der Waals surface area (Å²) in [7, 11) is 0. The quantitative estimate of drug-likeness (QED) is 0.683. The molecule has 1 saturated heterocycles. The molecule has 0 spiro atoms. The van der Waals surface area contributed by atoms with Crippen molar-refractivity contribution in [2.24, 2.45) is 0 Å². The number of nitrogens with zero attached hydrogens (tertiary/aromatic N) is 2. The van der Waals surface area contributed by atoms with Gasteiger partial charge in [-0.1, -0.05) is 13.8 Å². The molecule has 3 nitrogen and oxygen atoms in total. The van der Waals surface area contributed by atoms with E-state index < -0.39 is 0 Å². The van der Waals surface area contributed by atoms with Gasteiger partial charge < -0.3 is 4.90 Å². The van der Waals surface area contributed by atoms with Gasteiger partial charge >= 0.3 is 0 Å². The van der Waals surface area contributed by atoms with Crippen molar-refractivity contribution in [3.63, 3.8) is 0 Å². The van der Waals surface area contributed by atoms with Crippen LogP contribution in [0, 0.1) is 0 Å². The molecule has 0 aromatic rings. The summed E-state index contributed by atoms with van der Waals surface area (Å²) in [5.41, 5.74) is 0. The lowest BCUT2D eigenvalue weighted by Gasteiger charge is -2.40. The third kappa shape index (κ3) is 2.71. The van der Waals surface area contributed by atoms with Crippen LogP contribution in [0.2, 0.25) is 0 Å². The first-order chi connectivity index (χ1) is 6.69. The summed E-state index contributed by atoms with van der Waals surface area (Å²) in [4.78, 5) is 15.7. The van der Waals surface area contributed by atoms with Crippen LogP contribution in [0.5, 0.6) is 0 Å². The van der Waals surface area contributed by atoms with Gasteiger partial charge in [-0.05, 0) is 19.4 Å². The van der Waals surface area contributed by atoms with Gasteiger partial charge in [-0.2, -0.15) is 0 Å². The van der Waals surface area contributed by atoms with Crippen LogP contribution < -0.4 is 0 Å². The predicted molar refractivity (Wildman–Crippen MR) is 58.2 cm³/mol. The minimum atomic E-state index is 0.222. The normalized spacial score (nSPS) is 23.9. The number of carbonyl (C=O) groups is 1. The zero-order valence-electron chi connectivity index (χ0n) is 9.62. The van der Waals surface area contributed by atoms with E-state index in [1.807, 2.05) is 4.90 Å². The van der Waals surface area contributed by atoms with Crippen LogP contribution >= 0.6 is 0 Å². The van der Waals surface area contributed by atoms with Crippen molar-refractivity contribution in [2.45, 2.75) is 39.7 Å². The van der Waals surface area contributed by atoms with Crippen molar-refractivity contribution in [1.29, 1.82) is 0 Å².